The second-order valence-corrected chi connectivity index (χ2v) is 5.02. The van der Waals surface area contributed by atoms with Crippen molar-refractivity contribution < 1.29 is 14.3 Å². The molecule has 1 amide bonds. The highest BCUT2D eigenvalue weighted by molar-refractivity contribution is 5.75. The maximum Gasteiger partial charge on any atom is 0.220 e. The Morgan fingerprint density at radius 1 is 1.30 bits per heavy atom. The second-order valence-electron chi connectivity index (χ2n) is 5.02. The maximum atomic E-state index is 11.5. The predicted octanol–water partition coefficient (Wildman–Crippen LogP) is 1.40. The minimum absolute atomic E-state index is 0.0230. The van der Waals surface area contributed by atoms with E-state index in [1.807, 2.05) is 36.5 Å². The molecule has 1 aromatic heterocycles. The summed E-state index contributed by atoms with van der Waals surface area (Å²) in [4.78, 5) is 11.5. The number of benzene rings is 1. The predicted molar refractivity (Wildman–Crippen MR) is 84.9 cm³/mol. The van der Waals surface area contributed by atoms with Crippen molar-refractivity contribution in [1.82, 2.24) is 20.3 Å². The van der Waals surface area contributed by atoms with Crippen LogP contribution >= 0.6 is 0 Å². The van der Waals surface area contributed by atoms with Crippen LogP contribution in [0.25, 0.3) is 0 Å². The molecule has 2 rings (SSSR count). The van der Waals surface area contributed by atoms with Crippen molar-refractivity contribution in [2.24, 2.45) is 0 Å². The summed E-state index contributed by atoms with van der Waals surface area (Å²) in [6, 6.07) is 9.57. The molecule has 0 bridgehead atoms. The number of carbonyl (C=O) groups excluding carboxylic acids is 1. The van der Waals surface area contributed by atoms with E-state index in [9.17, 15) is 4.79 Å². The summed E-state index contributed by atoms with van der Waals surface area (Å²) in [7, 11) is 1.61. The van der Waals surface area contributed by atoms with Crippen molar-refractivity contribution in [3.8, 4) is 5.75 Å². The first-order chi connectivity index (χ1) is 11.3. The number of hydrogen-bond donors (Lipinski definition) is 1. The van der Waals surface area contributed by atoms with Crippen LogP contribution in [0.2, 0.25) is 0 Å². The smallest absolute Gasteiger partial charge is 0.220 e. The zero-order chi connectivity index (χ0) is 16.3. The molecule has 124 valence electrons. The number of ether oxygens (including phenoxy) is 2. The molecule has 1 heterocycles. The monoisotopic (exact) mass is 318 g/mol. The molecule has 2 aromatic rings. The Morgan fingerprint density at radius 2 is 2.13 bits per heavy atom. The van der Waals surface area contributed by atoms with E-state index in [2.05, 4.69) is 15.6 Å². The zero-order valence-corrected chi connectivity index (χ0v) is 13.3. The molecule has 0 unspecified atom stereocenters. The lowest BCUT2D eigenvalue weighted by Gasteiger charge is -2.04. The lowest BCUT2D eigenvalue weighted by molar-refractivity contribution is -0.121. The molecule has 1 N–H and O–H groups in total. The first-order valence-electron chi connectivity index (χ1n) is 7.60. The van der Waals surface area contributed by atoms with Gasteiger partial charge in [-0.25, -0.2) is 0 Å². The van der Waals surface area contributed by atoms with Gasteiger partial charge in [-0.3, -0.25) is 9.48 Å². The number of hydrogen-bond acceptors (Lipinski definition) is 5. The van der Waals surface area contributed by atoms with E-state index >= 15 is 0 Å². The zero-order valence-electron chi connectivity index (χ0n) is 13.3. The van der Waals surface area contributed by atoms with Gasteiger partial charge in [0, 0.05) is 26.6 Å². The Bertz CT molecular complexity index is 586. The van der Waals surface area contributed by atoms with Crippen LogP contribution in [0.4, 0.5) is 0 Å². The van der Waals surface area contributed by atoms with Gasteiger partial charge < -0.3 is 14.8 Å². The maximum absolute atomic E-state index is 11.5. The number of nitrogens with one attached hydrogen (secondary N) is 1. The quantitative estimate of drug-likeness (QED) is 0.670. The Balaban J connectivity index is 1.65. The summed E-state index contributed by atoms with van der Waals surface area (Å²) in [5.74, 6) is 0.824. The molecule has 7 heteroatoms. The molecule has 0 radical (unpaired) electrons. The molecule has 0 saturated heterocycles. The molecule has 0 aliphatic rings. The molecule has 0 atom stereocenters. The first-order valence-corrected chi connectivity index (χ1v) is 7.60. The van der Waals surface area contributed by atoms with Crippen LogP contribution in [0.5, 0.6) is 5.75 Å². The van der Waals surface area contributed by atoms with Crippen LogP contribution in [-0.4, -0.2) is 41.2 Å². The lowest BCUT2D eigenvalue weighted by Crippen LogP contribution is -2.26. The van der Waals surface area contributed by atoms with Crippen molar-refractivity contribution in [1.29, 1.82) is 0 Å². The van der Waals surface area contributed by atoms with Crippen molar-refractivity contribution in [2.45, 2.75) is 26.0 Å². The van der Waals surface area contributed by atoms with Crippen LogP contribution < -0.4 is 10.1 Å². The van der Waals surface area contributed by atoms with Crippen molar-refractivity contribution in [2.75, 3.05) is 20.3 Å². The van der Waals surface area contributed by atoms with E-state index in [0.29, 0.717) is 39.1 Å². The molecule has 0 aliphatic carbocycles. The van der Waals surface area contributed by atoms with Crippen LogP contribution in [0.3, 0.4) is 0 Å². The highest BCUT2D eigenvalue weighted by atomic mass is 16.5. The van der Waals surface area contributed by atoms with Crippen LogP contribution in [0.1, 0.15) is 18.5 Å². The average Bonchev–Trinajstić information content (AvgIpc) is 3.02. The fraction of sp³-hybridized carbons (Fsp3) is 0.438. The SMILES string of the molecule is COCCNC(=O)CCCn1cc(COc2ccccc2)nn1. The number of methoxy groups -OCH3 is 1. The minimum atomic E-state index is 0.0230. The summed E-state index contributed by atoms with van der Waals surface area (Å²) in [6.07, 6.45) is 3.01. The summed E-state index contributed by atoms with van der Waals surface area (Å²) >= 11 is 0. The Hall–Kier alpha value is -2.41. The van der Waals surface area contributed by atoms with Crippen molar-refractivity contribution >= 4 is 5.91 Å². The number of aryl methyl sites for hydroxylation is 1. The van der Waals surface area contributed by atoms with Crippen LogP contribution in [0.15, 0.2) is 36.5 Å². The molecule has 1 aromatic carbocycles. The average molecular weight is 318 g/mol. The molecule has 0 fully saturated rings. The van der Waals surface area contributed by atoms with E-state index in [-0.39, 0.29) is 5.91 Å². The van der Waals surface area contributed by atoms with Crippen LogP contribution in [-0.2, 0) is 22.7 Å². The largest absolute Gasteiger partial charge is 0.487 e. The molecule has 23 heavy (non-hydrogen) atoms. The number of para-hydroxylation sites is 1. The third-order valence-electron chi connectivity index (χ3n) is 3.14. The molecule has 7 nitrogen and oxygen atoms in total. The fourth-order valence-corrected chi connectivity index (χ4v) is 1.97. The standard InChI is InChI=1S/C16H22N4O3/c1-22-11-9-17-16(21)8-5-10-20-12-14(18-19-20)13-23-15-6-3-2-4-7-15/h2-4,6-7,12H,5,8-11,13H2,1H3,(H,17,21). The highest BCUT2D eigenvalue weighted by Gasteiger charge is 2.04. The number of carbonyl (C=O) groups is 1. The van der Waals surface area contributed by atoms with E-state index < -0.39 is 0 Å². The Labute approximate surface area is 135 Å². The summed E-state index contributed by atoms with van der Waals surface area (Å²) < 4.78 is 12.2. The third kappa shape index (κ3) is 6.48. The first kappa shape index (κ1) is 17.0. The van der Waals surface area contributed by atoms with Gasteiger partial charge >= 0.3 is 0 Å². The Kier molecular flexibility index (Phi) is 7.06. The van der Waals surface area contributed by atoms with Crippen LogP contribution in [0, 0.1) is 0 Å². The normalized spacial score (nSPS) is 10.5. The van der Waals surface area contributed by atoms with Gasteiger partial charge in [0.15, 0.2) is 0 Å². The molecular formula is C16H22N4O3. The van der Waals surface area contributed by atoms with Gasteiger partial charge in [-0.2, -0.15) is 0 Å². The third-order valence-corrected chi connectivity index (χ3v) is 3.14. The number of rotatable bonds is 10. The number of aromatic nitrogens is 3. The summed E-state index contributed by atoms with van der Waals surface area (Å²) in [6.45, 7) is 2.09. The Morgan fingerprint density at radius 3 is 2.91 bits per heavy atom. The fourth-order valence-electron chi connectivity index (χ4n) is 1.97. The number of nitrogens with zero attached hydrogens (tertiary/aromatic N) is 3. The van der Waals surface area contributed by atoms with E-state index in [4.69, 9.17) is 9.47 Å². The van der Waals surface area contributed by atoms with Crippen molar-refractivity contribution in [3.63, 3.8) is 0 Å². The van der Waals surface area contributed by atoms with Gasteiger partial charge in [0.05, 0.1) is 12.8 Å². The van der Waals surface area contributed by atoms with Gasteiger partial charge in [0.25, 0.3) is 0 Å². The lowest BCUT2D eigenvalue weighted by atomic mass is 10.3. The van der Waals surface area contributed by atoms with Gasteiger partial charge in [-0.1, -0.05) is 23.4 Å². The summed E-state index contributed by atoms with van der Waals surface area (Å²) in [5, 5.41) is 10.9. The number of amides is 1. The van der Waals surface area contributed by atoms with Gasteiger partial charge in [-0.15, -0.1) is 5.10 Å². The highest BCUT2D eigenvalue weighted by Crippen LogP contribution is 2.10. The summed E-state index contributed by atoms with van der Waals surface area (Å²) in [5.41, 5.74) is 0.762. The van der Waals surface area contributed by atoms with Gasteiger partial charge in [0.1, 0.15) is 18.1 Å². The topological polar surface area (TPSA) is 78.3 Å². The minimum Gasteiger partial charge on any atom is -0.487 e. The van der Waals surface area contributed by atoms with E-state index in [0.717, 1.165) is 11.4 Å². The molecular weight excluding hydrogens is 296 g/mol. The second kappa shape index (κ2) is 9.58. The van der Waals surface area contributed by atoms with Gasteiger partial charge in [0.2, 0.25) is 5.91 Å². The van der Waals surface area contributed by atoms with E-state index in [1.54, 1.807) is 11.8 Å². The van der Waals surface area contributed by atoms with E-state index in [1.165, 1.54) is 0 Å². The molecule has 0 saturated carbocycles. The van der Waals surface area contributed by atoms with Gasteiger partial charge in [-0.05, 0) is 18.6 Å². The van der Waals surface area contributed by atoms with Crippen molar-refractivity contribution in [3.05, 3.63) is 42.2 Å². The molecule has 0 spiro atoms. The molecule has 0 aliphatic heterocycles.